The summed E-state index contributed by atoms with van der Waals surface area (Å²) in [5.74, 6) is -0.525. The Morgan fingerprint density at radius 3 is 2.79 bits per heavy atom. The molecular formula is C17H12N4O3. The minimum absolute atomic E-state index is 0.148. The van der Waals surface area contributed by atoms with Gasteiger partial charge in [-0.15, -0.1) is 0 Å². The van der Waals surface area contributed by atoms with Gasteiger partial charge in [0, 0.05) is 34.8 Å². The number of benzene rings is 2. The Hall–Kier alpha value is -3.61. The van der Waals surface area contributed by atoms with Gasteiger partial charge in [0.1, 0.15) is 0 Å². The van der Waals surface area contributed by atoms with Crippen LogP contribution < -0.4 is 5.43 Å². The van der Waals surface area contributed by atoms with Crippen LogP contribution in [0.25, 0.3) is 10.9 Å². The molecule has 3 aromatic rings. The van der Waals surface area contributed by atoms with Crippen LogP contribution in [0.1, 0.15) is 15.9 Å². The number of carbonyl (C=O) groups is 1. The zero-order valence-corrected chi connectivity index (χ0v) is 12.4. The Bertz CT molecular complexity index is 948. The number of fused-ring (bicyclic) bond motifs is 1. The number of nitro groups is 1. The van der Waals surface area contributed by atoms with Crippen molar-refractivity contribution in [2.24, 2.45) is 5.10 Å². The van der Waals surface area contributed by atoms with Gasteiger partial charge in [-0.1, -0.05) is 30.3 Å². The SMILES string of the molecule is O=C(N/N=C\c1cccc2cccnc12)c1cccc([N+](=O)[O-])c1. The van der Waals surface area contributed by atoms with Crippen molar-refractivity contribution in [3.8, 4) is 0 Å². The minimum Gasteiger partial charge on any atom is -0.267 e. The fourth-order valence-corrected chi connectivity index (χ4v) is 2.22. The summed E-state index contributed by atoms with van der Waals surface area (Å²) in [6.45, 7) is 0. The number of nitro benzene ring substituents is 1. The van der Waals surface area contributed by atoms with Crippen LogP contribution in [0, 0.1) is 10.1 Å². The lowest BCUT2D eigenvalue weighted by Gasteiger charge is -2.01. The summed E-state index contributed by atoms with van der Waals surface area (Å²) in [4.78, 5) is 26.5. The molecule has 24 heavy (non-hydrogen) atoms. The topological polar surface area (TPSA) is 97.5 Å². The second kappa shape index (κ2) is 6.66. The predicted molar refractivity (Wildman–Crippen MR) is 89.9 cm³/mol. The number of hydrazone groups is 1. The van der Waals surface area contributed by atoms with E-state index in [1.165, 1.54) is 30.5 Å². The second-order valence-corrected chi connectivity index (χ2v) is 4.93. The first-order chi connectivity index (χ1) is 11.6. The molecule has 0 aliphatic rings. The molecule has 0 saturated carbocycles. The molecule has 0 bridgehead atoms. The molecule has 1 heterocycles. The molecule has 0 unspecified atom stereocenters. The molecule has 1 N–H and O–H groups in total. The fraction of sp³-hybridized carbons (Fsp3) is 0. The van der Waals surface area contributed by atoms with Gasteiger partial charge in [-0.2, -0.15) is 5.10 Å². The van der Waals surface area contributed by atoms with Gasteiger partial charge in [0.05, 0.1) is 16.7 Å². The van der Waals surface area contributed by atoms with Gasteiger partial charge in [0.15, 0.2) is 0 Å². The van der Waals surface area contributed by atoms with Crippen molar-refractivity contribution in [3.05, 3.63) is 82.0 Å². The van der Waals surface area contributed by atoms with Gasteiger partial charge in [0.25, 0.3) is 11.6 Å². The number of aromatic nitrogens is 1. The highest BCUT2D eigenvalue weighted by molar-refractivity contribution is 5.99. The van der Waals surface area contributed by atoms with Crippen molar-refractivity contribution >= 4 is 28.7 Å². The molecular weight excluding hydrogens is 308 g/mol. The van der Waals surface area contributed by atoms with Crippen LogP contribution in [0.5, 0.6) is 0 Å². The zero-order chi connectivity index (χ0) is 16.9. The standard InChI is InChI=1S/C17H12N4O3/c22-17(13-5-2-8-15(10-13)21(23)24)20-19-11-14-6-1-4-12-7-3-9-18-16(12)14/h1-11H,(H,20,22)/b19-11-. The Morgan fingerprint density at radius 2 is 1.96 bits per heavy atom. The van der Waals surface area contributed by atoms with E-state index in [-0.39, 0.29) is 11.3 Å². The minimum atomic E-state index is -0.554. The van der Waals surface area contributed by atoms with Crippen molar-refractivity contribution < 1.29 is 9.72 Å². The summed E-state index contributed by atoms with van der Waals surface area (Å²) in [6, 6.07) is 14.9. The van der Waals surface area contributed by atoms with Crippen molar-refractivity contribution in [1.82, 2.24) is 10.4 Å². The molecule has 3 rings (SSSR count). The number of hydrogen-bond donors (Lipinski definition) is 1. The first-order valence-corrected chi connectivity index (χ1v) is 7.07. The Morgan fingerprint density at radius 1 is 1.17 bits per heavy atom. The molecule has 7 heteroatoms. The van der Waals surface area contributed by atoms with E-state index in [4.69, 9.17) is 0 Å². The highest BCUT2D eigenvalue weighted by Gasteiger charge is 2.10. The molecule has 0 radical (unpaired) electrons. The maximum absolute atomic E-state index is 12.0. The maximum Gasteiger partial charge on any atom is 0.271 e. The largest absolute Gasteiger partial charge is 0.271 e. The Kier molecular flexibility index (Phi) is 4.24. The van der Waals surface area contributed by atoms with Gasteiger partial charge in [-0.05, 0) is 12.1 Å². The molecule has 118 valence electrons. The zero-order valence-electron chi connectivity index (χ0n) is 12.4. The lowest BCUT2D eigenvalue weighted by atomic mass is 10.1. The van der Waals surface area contributed by atoms with Gasteiger partial charge in [-0.25, -0.2) is 5.43 Å². The average Bonchev–Trinajstić information content (AvgIpc) is 2.62. The highest BCUT2D eigenvalue weighted by atomic mass is 16.6. The van der Waals surface area contributed by atoms with Gasteiger partial charge < -0.3 is 0 Å². The number of carbonyl (C=O) groups excluding carboxylic acids is 1. The normalized spacial score (nSPS) is 10.8. The molecule has 0 aliphatic carbocycles. The summed E-state index contributed by atoms with van der Waals surface area (Å²) < 4.78 is 0. The number of hydrogen-bond acceptors (Lipinski definition) is 5. The summed E-state index contributed by atoms with van der Waals surface area (Å²) in [5.41, 5.74) is 3.90. The number of pyridine rings is 1. The Labute approximate surface area is 136 Å². The van der Waals surface area contributed by atoms with Gasteiger partial charge in [0.2, 0.25) is 0 Å². The van der Waals surface area contributed by atoms with Crippen LogP contribution in [0.15, 0.2) is 65.9 Å². The molecule has 1 aromatic heterocycles. The quantitative estimate of drug-likeness (QED) is 0.454. The van der Waals surface area contributed by atoms with E-state index in [0.717, 1.165) is 16.5 Å². The third-order valence-electron chi connectivity index (χ3n) is 3.35. The first-order valence-electron chi connectivity index (χ1n) is 7.07. The summed E-state index contributed by atoms with van der Waals surface area (Å²) in [7, 11) is 0. The van der Waals surface area contributed by atoms with Crippen LogP contribution in [-0.4, -0.2) is 22.0 Å². The van der Waals surface area contributed by atoms with Crippen molar-refractivity contribution in [3.63, 3.8) is 0 Å². The van der Waals surface area contributed by atoms with E-state index >= 15 is 0 Å². The first kappa shape index (κ1) is 15.3. The predicted octanol–water partition coefficient (Wildman–Crippen LogP) is 2.91. The van der Waals surface area contributed by atoms with Crippen molar-refractivity contribution in [2.45, 2.75) is 0 Å². The van der Waals surface area contributed by atoms with Gasteiger partial charge in [-0.3, -0.25) is 19.9 Å². The Balaban J connectivity index is 1.77. The van der Waals surface area contributed by atoms with Crippen molar-refractivity contribution in [2.75, 3.05) is 0 Å². The average molecular weight is 320 g/mol. The number of rotatable bonds is 4. The van der Waals surface area contributed by atoms with Crippen LogP contribution in [0.3, 0.4) is 0 Å². The molecule has 0 atom stereocenters. The van der Waals surface area contributed by atoms with E-state index in [1.54, 1.807) is 6.20 Å². The molecule has 2 aromatic carbocycles. The van der Waals surface area contributed by atoms with E-state index in [2.05, 4.69) is 15.5 Å². The van der Waals surface area contributed by atoms with E-state index in [0.29, 0.717) is 0 Å². The van der Waals surface area contributed by atoms with Crippen LogP contribution in [-0.2, 0) is 0 Å². The number of para-hydroxylation sites is 1. The lowest BCUT2D eigenvalue weighted by Crippen LogP contribution is -2.17. The second-order valence-electron chi connectivity index (χ2n) is 4.93. The molecule has 0 aliphatic heterocycles. The van der Waals surface area contributed by atoms with Crippen LogP contribution >= 0.6 is 0 Å². The van der Waals surface area contributed by atoms with Crippen LogP contribution in [0.4, 0.5) is 5.69 Å². The summed E-state index contributed by atoms with van der Waals surface area (Å²) in [5, 5.41) is 15.6. The number of nitrogens with one attached hydrogen (secondary N) is 1. The lowest BCUT2D eigenvalue weighted by molar-refractivity contribution is -0.384. The number of nitrogens with zero attached hydrogens (tertiary/aromatic N) is 3. The molecule has 1 amide bonds. The van der Waals surface area contributed by atoms with Gasteiger partial charge >= 0.3 is 0 Å². The third-order valence-corrected chi connectivity index (χ3v) is 3.35. The maximum atomic E-state index is 12.0. The summed E-state index contributed by atoms with van der Waals surface area (Å²) in [6.07, 6.45) is 3.17. The van der Waals surface area contributed by atoms with Crippen LogP contribution in [0.2, 0.25) is 0 Å². The number of amides is 1. The van der Waals surface area contributed by atoms with E-state index in [1.807, 2.05) is 30.3 Å². The van der Waals surface area contributed by atoms with E-state index in [9.17, 15) is 14.9 Å². The summed E-state index contributed by atoms with van der Waals surface area (Å²) >= 11 is 0. The fourth-order valence-electron chi connectivity index (χ4n) is 2.22. The molecule has 0 fully saturated rings. The monoisotopic (exact) mass is 320 g/mol. The van der Waals surface area contributed by atoms with Crippen molar-refractivity contribution in [1.29, 1.82) is 0 Å². The molecule has 7 nitrogen and oxygen atoms in total. The number of non-ortho nitro benzene ring substituents is 1. The molecule has 0 saturated heterocycles. The third kappa shape index (κ3) is 3.25. The molecule has 0 spiro atoms. The highest BCUT2D eigenvalue weighted by Crippen LogP contribution is 2.14. The smallest absolute Gasteiger partial charge is 0.267 e. The van der Waals surface area contributed by atoms with E-state index < -0.39 is 10.8 Å².